The van der Waals surface area contributed by atoms with Crippen molar-refractivity contribution in [2.75, 3.05) is 0 Å². The summed E-state index contributed by atoms with van der Waals surface area (Å²) in [5.74, 6) is -2.76. The van der Waals surface area contributed by atoms with Crippen LogP contribution in [0.3, 0.4) is 0 Å². The predicted octanol–water partition coefficient (Wildman–Crippen LogP) is 1.17. The van der Waals surface area contributed by atoms with Crippen molar-refractivity contribution in [1.29, 1.82) is 0 Å². The molecule has 1 aromatic heterocycles. The normalized spacial score (nSPS) is 11.8. The zero-order valence-corrected chi connectivity index (χ0v) is 22.4. The van der Waals surface area contributed by atoms with Crippen molar-refractivity contribution in [3.05, 3.63) is 44.6 Å². The molecule has 33 heavy (non-hydrogen) atoms. The number of phenolic OH excluding ortho intramolecular Hbond substituents is 1. The Bertz CT molecular complexity index is 1190. The molecule has 13 heteroatoms. The van der Waals surface area contributed by atoms with Crippen LogP contribution in [0.5, 0.6) is 5.75 Å². The van der Waals surface area contributed by atoms with Crippen molar-refractivity contribution < 1.29 is 70.5 Å². The van der Waals surface area contributed by atoms with Gasteiger partial charge in [-0.15, -0.1) is 23.0 Å². The molecule has 0 saturated heterocycles. The Morgan fingerprint density at radius 1 is 1.18 bits per heavy atom. The number of hydrogen-bond donors (Lipinski definition) is 4. The van der Waals surface area contributed by atoms with Gasteiger partial charge in [0.15, 0.2) is 5.78 Å². The molecule has 0 aliphatic heterocycles. The largest absolute Gasteiger partial charge is 0.565 e. The molecule has 0 aliphatic rings. The molecule has 1 radical (unpaired) electrons. The smallest absolute Gasteiger partial charge is 0.305 e. The molecule has 0 fully saturated rings. The Kier molecular flexibility index (Phi) is 10.5. The van der Waals surface area contributed by atoms with Crippen LogP contribution in [0.25, 0.3) is 0 Å². The third-order valence-electron chi connectivity index (χ3n) is 4.74. The quantitative estimate of drug-likeness (QED) is 0.309. The van der Waals surface area contributed by atoms with Crippen LogP contribution in [0.2, 0.25) is 0 Å². The molecule has 1 amide bonds. The Balaban J connectivity index is 0.00000544. The number of aliphatic carboxylic acids is 1. The van der Waals surface area contributed by atoms with Gasteiger partial charge in [0.1, 0.15) is 0 Å². The summed E-state index contributed by atoms with van der Waals surface area (Å²) in [5, 5.41) is 20.8. The van der Waals surface area contributed by atoms with E-state index < -0.39 is 45.9 Å². The number of hydrogen-bond acceptors (Lipinski definition) is 8. The molecule has 0 aliphatic carbocycles. The number of rotatable bonds is 10. The van der Waals surface area contributed by atoms with Gasteiger partial charge in [-0.1, -0.05) is 12.1 Å². The van der Waals surface area contributed by atoms with Gasteiger partial charge in [0, 0.05) is 54.8 Å². The molecule has 1 atom stereocenters. The van der Waals surface area contributed by atoms with Gasteiger partial charge in [-0.2, -0.15) is 0 Å². The number of thiophene rings is 1. The number of benzene rings is 1. The van der Waals surface area contributed by atoms with Crippen molar-refractivity contribution in [1.82, 2.24) is 10.0 Å². The SMILES string of the molecule is CC(=O)[C@H](CC(=O)O)NC(=O)c1sc(CNS(=O)(=O)c2ccc(O)c([C-]=O)c2)c(C)c1C.[Y]. The Morgan fingerprint density at radius 3 is 2.36 bits per heavy atom. The summed E-state index contributed by atoms with van der Waals surface area (Å²) >= 11 is 1.01. The summed E-state index contributed by atoms with van der Waals surface area (Å²) in [5.41, 5.74) is 0.936. The van der Waals surface area contributed by atoms with Crippen LogP contribution in [0.4, 0.5) is 0 Å². The van der Waals surface area contributed by atoms with Gasteiger partial charge < -0.3 is 20.3 Å². The maximum atomic E-state index is 12.6. The molecule has 0 spiro atoms. The number of aromatic hydroxyl groups is 1. The van der Waals surface area contributed by atoms with E-state index in [9.17, 15) is 32.7 Å². The van der Waals surface area contributed by atoms with Gasteiger partial charge in [-0.05, 0) is 31.9 Å². The van der Waals surface area contributed by atoms with Crippen molar-refractivity contribution >= 4 is 45.3 Å². The summed E-state index contributed by atoms with van der Waals surface area (Å²) < 4.78 is 27.5. The second kappa shape index (κ2) is 11.9. The number of carbonyl (C=O) groups excluding carboxylic acids is 3. The monoisotopic (exact) mass is 570 g/mol. The van der Waals surface area contributed by atoms with Gasteiger partial charge in [0.05, 0.1) is 23.6 Å². The zero-order chi connectivity index (χ0) is 24.2. The number of carboxylic acid groups (broad SMARTS) is 1. The summed E-state index contributed by atoms with van der Waals surface area (Å²) in [6.07, 6.45) is 0.902. The fourth-order valence-corrected chi connectivity index (χ4v) is 5.01. The third kappa shape index (κ3) is 7.25. The Morgan fingerprint density at radius 2 is 1.82 bits per heavy atom. The minimum absolute atomic E-state index is 0. The first-order valence-corrected chi connectivity index (χ1v) is 11.5. The minimum atomic E-state index is -4.04. The minimum Gasteiger partial charge on any atom is -0.565 e. The number of amides is 1. The Labute approximate surface area is 219 Å². The molecule has 2 aromatic rings. The molecule has 0 bridgehead atoms. The van der Waals surface area contributed by atoms with Crippen LogP contribution < -0.4 is 10.0 Å². The molecule has 1 aromatic carbocycles. The second-order valence-corrected chi connectivity index (χ2v) is 9.82. The number of nitrogens with one attached hydrogen (secondary N) is 2. The third-order valence-corrected chi connectivity index (χ3v) is 7.53. The molecule has 0 unspecified atom stereocenters. The fourth-order valence-electron chi connectivity index (χ4n) is 2.74. The van der Waals surface area contributed by atoms with Crippen LogP contribution in [0.1, 0.15) is 44.6 Å². The second-order valence-electron chi connectivity index (χ2n) is 6.94. The average molecular weight is 570 g/mol. The van der Waals surface area contributed by atoms with Crippen molar-refractivity contribution in [2.24, 2.45) is 0 Å². The summed E-state index contributed by atoms with van der Waals surface area (Å²) in [4.78, 5) is 46.5. The van der Waals surface area contributed by atoms with E-state index in [1.165, 1.54) is 13.2 Å². The van der Waals surface area contributed by atoms with E-state index in [1.54, 1.807) is 13.8 Å². The molecule has 4 N–H and O–H groups in total. The van der Waals surface area contributed by atoms with Crippen LogP contribution in [0, 0.1) is 13.8 Å². The molecule has 1 heterocycles. The number of ketones is 1. The molecule has 175 valence electrons. The van der Waals surface area contributed by atoms with E-state index in [-0.39, 0.29) is 54.6 Å². The maximum Gasteiger partial charge on any atom is 0.305 e. The van der Waals surface area contributed by atoms with Gasteiger partial charge in [0.25, 0.3) is 5.91 Å². The van der Waals surface area contributed by atoms with Gasteiger partial charge >= 0.3 is 5.97 Å². The van der Waals surface area contributed by atoms with Crippen LogP contribution in [0.15, 0.2) is 23.1 Å². The van der Waals surface area contributed by atoms with E-state index >= 15 is 0 Å². The molecular formula is C20H21N2O8S2Y-. The summed E-state index contributed by atoms with van der Waals surface area (Å²) in [6.45, 7) is 4.38. The van der Waals surface area contributed by atoms with Crippen molar-refractivity contribution in [3.63, 3.8) is 0 Å². The average Bonchev–Trinajstić information content (AvgIpc) is 3.00. The maximum absolute atomic E-state index is 12.6. The number of Topliss-reactive ketones (excluding diaryl/α,β-unsaturated/α-hetero) is 1. The van der Waals surface area contributed by atoms with E-state index in [4.69, 9.17) is 5.11 Å². The van der Waals surface area contributed by atoms with E-state index in [0.717, 1.165) is 29.5 Å². The molecule has 2 rings (SSSR count). The number of carboxylic acids is 1. The van der Waals surface area contributed by atoms with Crippen LogP contribution in [-0.2, 0) is 63.7 Å². The fraction of sp³-hybridized carbons (Fsp3) is 0.300. The first kappa shape index (κ1) is 29.0. The van der Waals surface area contributed by atoms with E-state index in [0.29, 0.717) is 16.0 Å². The molecule has 10 nitrogen and oxygen atoms in total. The van der Waals surface area contributed by atoms with Gasteiger partial charge in [-0.25, -0.2) is 13.1 Å². The van der Waals surface area contributed by atoms with Crippen LogP contribution in [-0.4, -0.2) is 48.6 Å². The van der Waals surface area contributed by atoms with Crippen LogP contribution >= 0.6 is 11.3 Å². The standard InChI is InChI=1S/C20H21N2O8S2.Y/c1-10-11(2)19(20(28)22-15(12(3)24)7-18(26)27)31-17(10)8-21-32(29,30)14-4-5-16(25)13(6-14)9-23;/h4-6,15,21,25H,7-8H2,1-3H3,(H,22,28)(H,26,27);/q-1;/t15-;/m0./s1. The number of carbonyl (C=O) groups is 3. The topological polar surface area (TPSA) is 167 Å². The van der Waals surface area contributed by atoms with E-state index in [1.807, 2.05) is 0 Å². The van der Waals surface area contributed by atoms with Crippen molar-refractivity contribution in [2.45, 2.75) is 44.7 Å². The first-order chi connectivity index (χ1) is 14.9. The number of phenols is 1. The van der Waals surface area contributed by atoms with Crippen molar-refractivity contribution in [3.8, 4) is 5.75 Å². The molecule has 0 saturated carbocycles. The molecular weight excluding hydrogens is 549 g/mol. The summed E-state index contributed by atoms with van der Waals surface area (Å²) in [6, 6.07) is 2.01. The Hall–Kier alpha value is -1.99. The predicted molar refractivity (Wildman–Crippen MR) is 115 cm³/mol. The summed E-state index contributed by atoms with van der Waals surface area (Å²) in [7, 11) is -4.04. The van der Waals surface area contributed by atoms with Gasteiger partial charge in [-0.3, -0.25) is 14.4 Å². The first-order valence-electron chi connectivity index (χ1n) is 9.20. The number of sulfonamides is 1. The zero-order valence-electron chi connectivity index (χ0n) is 18.0. The van der Waals surface area contributed by atoms with E-state index in [2.05, 4.69) is 10.0 Å². The van der Waals surface area contributed by atoms with Gasteiger partial charge in [0.2, 0.25) is 10.0 Å².